The molecule has 0 bridgehead atoms. The number of carbonyl (C=O) groups excluding carboxylic acids is 2. The average Bonchev–Trinajstić information content (AvgIpc) is 3.35. The van der Waals surface area contributed by atoms with Crippen molar-refractivity contribution in [3.8, 4) is 0 Å². The van der Waals surface area contributed by atoms with Gasteiger partial charge in [-0.05, 0) is 31.0 Å². The number of benzene rings is 1. The maximum absolute atomic E-state index is 12.7. The lowest BCUT2D eigenvalue weighted by Crippen LogP contribution is -2.50. The van der Waals surface area contributed by atoms with Gasteiger partial charge >= 0.3 is 0 Å². The monoisotopic (exact) mass is 366 g/mol. The van der Waals surface area contributed by atoms with Crippen LogP contribution in [0.3, 0.4) is 0 Å². The molecular weight excluding hydrogens is 344 g/mol. The highest BCUT2D eigenvalue weighted by atomic mass is 16.3. The first-order valence-corrected chi connectivity index (χ1v) is 9.10. The zero-order valence-electron chi connectivity index (χ0n) is 15.5. The molecule has 2 amide bonds. The topological polar surface area (TPSA) is 66.9 Å². The number of carbonyl (C=O) groups is 2. The number of rotatable bonds is 3. The SMILES string of the molecule is Cc1ccc2c(CC(=O)N3CCN(C(=O)c4ccoc4)CC3)coc2c1C. The average molecular weight is 366 g/mol. The predicted octanol–water partition coefficient (Wildman–Crippen LogP) is 3.17. The molecule has 3 heterocycles. The molecule has 0 radical (unpaired) electrons. The van der Waals surface area contributed by atoms with E-state index >= 15 is 0 Å². The summed E-state index contributed by atoms with van der Waals surface area (Å²) < 4.78 is 10.7. The Kier molecular flexibility index (Phi) is 4.48. The Labute approximate surface area is 157 Å². The van der Waals surface area contributed by atoms with Gasteiger partial charge in [-0.1, -0.05) is 12.1 Å². The van der Waals surface area contributed by atoms with Gasteiger partial charge in [-0.25, -0.2) is 0 Å². The summed E-state index contributed by atoms with van der Waals surface area (Å²) in [7, 11) is 0. The van der Waals surface area contributed by atoms with Crippen molar-refractivity contribution in [2.45, 2.75) is 20.3 Å². The highest BCUT2D eigenvalue weighted by Gasteiger charge is 2.26. The smallest absolute Gasteiger partial charge is 0.257 e. The van der Waals surface area contributed by atoms with Crippen molar-refractivity contribution in [2.24, 2.45) is 0 Å². The molecule has 1 aliphatic heterocycles. The third-order valence-electron chi connectivity index (χ3n) is 5.37. The Hall–Kier alpha value is -3.02. The molecular formula is C21H22N2O4. The van der Waals surface area contributed by atoms with Crippen molar-refractivity contribution in [3.63, 3.8) is 0 Å². The Morgan fingerprint density at radius 2 is 1.74 bits per heavy atom. The minimum absolute atomic E-state index is 0.0532. The third-order valence-corrected chi connectivity index (χ3v) is 5.37. The molecule has 4 rings (SSSR count). The van der Waals surface area contributed by atoms with Crippen LogP contribution in [0.5, 0.6) is 0 Å². The minimum atomic E-state index is -0.0532. The number of aryl methyl sites for hydroxylation is 2. The fourth-order valence-corrected chi connectivity index (χ4v) is 3.53. The van der Waals surface area contributed by atoms with Gasteiger partial charge in [-0.2, -0.15) is 0 Å². The second-order valence-electron chi connectivity index (χ2n) is 7.01. The molecule has 27 heavy (non-hydrogen) atoms. The quantitative estimate of drug-likeness (QED) is 0.714. The van der Waals surface area contributed by atoms with E-state index in [1.807, 2.05) is 24.8 Å². The summed E-state index contributed by atoms with van der Waals surface area (Å²) >= 11 is 0. The Bertz CT molecular complexity index is 979. The van der Waals surface area contributed by atoms with Crippen LogP contribution in [0.1, 0.15) is 27.0 Å². The van der Waals surface area contributed by atoms with Crippen LogP contribution in [-0.2, 0) is 11.2 Å². The Balaban J connectivity index is 1.40. The molecule has 140 valence electrons. The second kappa shape index (κ2) is 6.95. The molecule has 0 spiro atoms. The van der Waals surface area contributed by atoms with E-state index in [0.717, 1.165) is 22.1 Å². The number of nitrogens with zero attached hydrogens (tertiary/aromatic N) is 2. The van der Waals surface area contributed by atoms with Crippen molar-refractivity contribution >= 4 is 22.8 Å². The predicted molar refractivity (Wildman–Crippen MR) is 101 cm³/mol. The van der Waals surface area contributed by atoms with Crippen LogP contribution in [0.2, 0.25) is 0 Å². The van der Waals surface area contributed by atoms with Crippen LogP contribution in [0, 0.1) is 13.8 Å². The van der Waals surface area contributed by atoms with Crippen molar-refractivity contribution in [1.29, 1.82) is 0 Å². The van der Waals surface area contributed by atoms with Gasteiger partial charge in [0.2, 0.25) is 5.91 Å². The van der Waals surface area contributed by atoms with E-state index in [9.17, 15) is 9.59 Å². The maximum atomic E-state index is 12.7. The highest BCUT2D eigenvalue weighted by Crippen LogP contribution is 2.27. The van der Waals surface area contributed by atoms with E-state index < -0.39 is 0 Å². The Morgan fingerprint density at radius 3 is 2.44 bits per heavy atom. The zero-order valence-corrected chi connectivity index (χ0v) is 15.5. The van der Waals surface area contributed by atoms with Gasteiger partial charge in [0, 0.05) is 37.1 Å². The van der Waals surface area contributed by atoms with Gasteiger partial charge < -0.3 is 18.6 Å². The van der Waals surface area contributed by atoms with Crippen molar-refractivity contribution in [3.05, 3.63) is 59.2 Å². The summed E-state index contributed by atoms with van der Waals surface area (Å²) in [6, 6.07) is 5.74. The molecule has 1 fully saturated rings. The molecule has 6 nitrogen and oxygen atoms in total. The number of hydrogen-bond acceptors (Lipinski definition) is 4. The van der Waals surface area contributed by atoms with Gasteiger partial charge in [0.15, 0.2) is 0 Å². The molecule has 0 N–H and O–H groups in total. The van der Waals surface area contributed by atoms with Crippen LogP contribution in [0.15, 0.2) is 45.8 Å². The summed E-state index contributed by atoms with van der Waals surface area (Å²) in [5, 5.41) is 1.00. The lowest BCUT2D eigenvalue weighted by molar-refractivity contribution is -0.131. The maximum Gasteiger partial charge on any atom is 0.257 e. The van der Waals surface area contributed by atoms with Crippen LogP contribution in [0.4, 0.5) is 0 Å². The van der Waals surface area contributed by atoms with Gasteiger partial charge in [0.25, 0.3) is 5.91 Å². The van der Waals surface area contributed by atoms with E-state index in [-0.39, 0.29) is 11.8 Å². The van der Waals surface area contributed by atoms with Crippen LogP contribution in [0.25, 0.3) is 11.0 Å². The fraction of sp³-hybridized carbons (Fsp3) is 0.333. The zero-order chi connectivity index (χ0) is 19.0. The van der Waals surface area contributed by atoms with Gasteiger partial charge in [0.1, 0.15) is 11.8 Å². The van der Waals surface area contributed by atoms with E-state index in [1.54, 1.807) is 17.2 Å². The number of piperazine rings is 1. The van der Waals surface area contributed by atoms with E-state index in [2.05, 4.69) is 6.07 Å². The molecule has 2 aromatic heterocycles. The second-order valence-corrected chi connectivity index (χ2v) is 7.01. The molecule has 6 heteroatoms. The molecule has 0 aliphatic carbocycles. The first-order chi connectivity index (χ1) is 13.0. The summed E-state index contributed by atoms with van der Waals surface area (Å²) in [6.45, 7) is 6.21. The number of amides is 2. The minimum Gasteiger partial charge on any atom is -0.472 e. The van der Waals surface area contributed by atoms with E-state index in [1.165, 1.54) is 18.1 Å². The van der Waals surface area contributed by atoms with Gasteiger partial charge in [-0.3, -0.25) is 9.59 Å². The third kappa shape index (κ3) is 3.23. The lowest BCUT2D eigenvalue weighted by atomic mass is 10.0. The fourth-order valence-electron chi connectivity index (χ4n) is 3.53. The molecule has 0 unspecified atom stereocenters. The summed E-state index contributed by atoms with van der Waals surface area (Å²) in [4.78, 5) is 28.7. The molecule has 1 aliphatic rings. The molecule has 1 aromatic carbocycles. The standard InChI is InChI=1S/C21H22N2O4/c1-14-3-4-18-17(13-27-20(18)15(14)2)11-19(24)22-6-8-23(9-7-22)21(25)16-5-10-26-12-16/h3-5,10,12-13H,6-9,11H2,1-2H3. The normalized spacial score (nSPS) is 14.7. The molecule has 0 saturated carbocycles. The summed E-state index contributed by atoms with van der Waals surface area (Å²) in [5.41, 5.74) is 4.60. The number of fused-ring (bicyclic) bond motifs is 1. The lowest BCUT2D eigenvalue weighted by Gasteiger charge is -2.34. The van der Waals surface area contributed by atoms with Crippen molar-refractivity contribution < 1.29 is 18.4 Å². The van der Waals surface area contributed by atoms with Crippen molar-refractivity contribution in [1.82, 2.24) is 9.80 Å². The van der Waals surface area contributed by atoms with E-state index in [4.69, 9.17) is 8.83 Å². The van der Waals surface area contributed by atoms with Gasteiger partial charge in [-0.15, -0.1) is 0 Å². The van der Waals surface area contributed by atoms with Crippen LogP contribution < -0.4 is 0 Å². The molecule has 0 atom stereocenters. The molecule has 3 aromatic rings. The first-order valence-electron chi connectivity index (χ1n) is 9.10. The summed E-state index contributed by atoms with van der Waals surface area (Å²) in [6.07, 6.45) is 4.94. The van der Waals surface area contributed by atoms with Crippen LogP contribution >= 0.6 is 0 Å². The largest absolute Gasteiger partial charge is 0.472 e. The van der Waals surface area contributed by atoms with Crippen molar-refractivity contribution in [2.75, 3.05) is 26.2 Å². The molecule has 1 saturated heterocycles. The first kappa shape index (κ1) is 17.4. The summed E-state index contributed by atoms with van der Waals surface area (Å²) in [5.74, 6) is 0.00820. The van der Waals surface area contributed by atoms with Gasteiger partial charge in [0.05, 0.1) is 24.5 Å². The van der Waals surface area contributed by atoms with Crippen LogP contribution in [-0.4, -0.2) is 47.8 Å². The highest BCUT2D eigenvalue weighted by molar-refractivity contribution is 5.94. The number of hydrogen-bond donors (Lipinski definition) is 0. The number of furan rings is 2. The van der Waals surface area contributed by atoms with E-state index in [0.29, 0.717) is 38.2 Å². The Morgan fingerprint density at radius 1 is 1.00 bits per heavy atom.